The maximum Gasteiger partial charge on any atom is 0.396 e. The van der Waals surface area contributed by atoms with Gasteiger partial charge < -0.3 is 22.1 Å². The largest absolute Gasteiger partial charge is 1.00 e. The molecule has 8 heteroatoms. The molecule has 0 radical (unpaired) electrons. The number of halogens is 1. The molecule has 0 saturated heterocycles. The molecule has 0 fully saturated rings. The molecule has 3 rings (SSSR count). The minimum Gasteiger partial charge on any atom is -1.00 e. The van der Waals surface area contributed by atoms with Crippen molar-refractivity contribution < 1.29 is 31.6 Å². The summed E-state index contributed by atoms with van der Waals surface area (Å²) in [5.41, 5.74) is -0.592. The number of anilines is 1. The Hall–Kier alpha value is -2.06. The first-order chi connectivity index (χ1) is 12.1. The van der Waals surface area contributed by atoms with E-state index in [1.165, 1.54) is 12.1 Å². The summed E-state index contributed by atoms with van der Waals surface area (Å²) in [7, 11) is 0. The van der Waals surface area contributed by atoms with Gasteiger partial charge >= 0.3 is 5.95 Å². The number of hydrogen-bond acceptors (Lipinski definition) is 5. The molecule has 0 aliphatic carbocycles. The zero-order valence-electron chi connectivity index (χ0n) is 14.7. The highest BCUT2D eigenvalue weighted by Gasteiger charge is 2.51. The molecule has 0 amide bonds. The Bertz CT molecular complexity index is 756. The van der Waals surface area contributed by atoms with Crippen molar-refractivity contribution in [3.05, 3.63) is 58.4 Å². The first-order valence-corrected chi connectivity index (χ1v) is 8.65. The lowest BCUT2D eigenvalue weighted by Crippen LogP contribution is -3.00. The van der Waals surface area contributed by atoms with Gasteiger partial charge in [-0.1, -0.05) is 31.2 Å². The van der Waals surface area contributed by atoms with E-state index in [4.69, 9.17) is 0 Å². The number of aromatic nitrogens is 2. The molecule has 2 aromatic rings. The van der Waals surface area contributed by atoms with Crippen molar-refractivity contribution in [2.24, 2.45) is 0 Å². The SMILES string of the molecule is CCCCCCN1c2nccc[n+]2C[C@@]1(O)c1ccc([N+](=O)[O-])cc1.[Br-]. The predicted octanol–water partition coefficient (Wildman–Crippen LogP) is -0.473. The Labute approximate surface area is 163 Å². The van der Waals surface area contributed by atoms with E-state index in [1.54, 1.807) is 18.3 Å². The van der Waals surface area contributed by atoms with E-state index in [9.17, 15) is 15.2 Å². The Morgan fingerprint density at radius 2 is 2.04 bits per heavy atom. The third kappa shape index (κ3) is 3.86. The highest BCUT2D eigenvalue weighted by Crippen LogP contribution is 2.34. The van der Waals surface area contributed by atoms with Gasteiger partial charge in [-0.25, -0.2) is 9.47 Å². The first-order valence-electron chi connectivity index (χ1n) is 8.65. The highest BCUT2D eigenvalue weighted by molar-refractivity contribution is 5.41. The fourth-order valence-electron chi connectivity index (χ4n) is 3.31. The quantitative estimate of drug-likeness (QED) is 0.282. The van der Waals surface area contributed by atoms with Crippen LogP contribution < -0.4 is 26.4 Å². The molecule has 7 nitrogen and oxygen atoms in total. The van der Waals surface area contributed by atoms with E-state index < -0.39 is 10.6 Å². The lowest BCUT2D eigenvalue weighted by atomic mass is 10.0. The van der Waals surface area contributed by atoms with Gasteiger partial charge in [0.2, 0.25) is 5.72 Å². The zero-order valence-corrected chi connectivity index (χ0v) is 16.3. The summed E-state index contributed by atoms with van der Waals surface area (Å²) in [5, 5.41) is 22.3. The van der Waals surface area contributed by atoms with Crippen molar-refractivity contribution in [1.29, 1.82) is 0 Å². The molecule has 1 aromatic heterocycles. The minimum atomic E-state index is -1.25. The molecule has 0 unspecified atom stereocenters. The van der Waals surface area contributed by atoms with Gasteiger partial charge in [0, 0.05) is 23.8 Å². The van der Waals surface area contributed by atoms with Crippen LogP contribution in [0.5, 0.6) is 0 Å². The smallest absolute Gasteiger partial charge is 0.396 e. The van der Waals surface area contributed by atoms with Crippen LogP contribution in [-0.4, -0.2) is 21.6 Å². The molecule has 1 aliphatic rings. The third-order valence-electron chi connectivity index (χ3n) is 4.65. The number of nitrogens with zero attached hydrogens (tertiary/aromatic N) is 4. The van der Waals surface area contributed by atoms with Gasteiger partial charge in [-0.05, 0) is 18.6 Å². The lowest BCUT2D eigenvalue weighted by Gasteiger charge is -2.28. The molecular weight excluding hydrogens is 400 g/mol. The summed E-state index contributed by atoms with van der Waals surface area (Å²) < 4.78 is 1.92. The highest BCUT2D eigenvalue weighted by atomic mass is 79.9. The number of benzene rings is 1. The fraction of sp³-hybridized carbons (Fsp3) is 0.444. The van der Waals surface area contributed by atoms with Crippen LogP contribution in [0.1, 0.15) is 38.2 Å². The summed E-state index contributed by atoms with van der Waals surface area (Å²) >= 11 is 0. The minimum absolute atomic E-state index is 0. The number of aliphatic hydroxyl groups is 1. The molecule has 26 heavy (non-hydrogen) atoms. The molecule has 140 valence electrons. The second-order valence-corrected chi connectivity index (χ2v) is 6.38. The van der Waals surface area contributed by atoms with Crippen LogP contribution in [0.25, 0.3) is 0 Å². The normalized spacial score (nSPS) is 18.3. The predicted molar refractivity (Wildman–Crippen MR) is 92.9 cm³/mol. The summed E-state index contributed by atoms with van der Waals surface area (Å²) in [4.78, 5) is 16.8. The lowest BCUT2D eigenvalue weighted by molar-refractivity contribution is -0.685. The zero-order chi connectivity index (χ0) is 17.9. The van der Waals surface area contributed by atoms with Gasteiger partial charge in [0.25, 0.3) is 5.69 Å². The molecule has 0 spiro atoms. The standard InChI is InChI=1S/C18H23N4O3.BrH/c1-2-3-4-5-13-21-17-19-11-6-12-20(17)14-18(21,23)15-7-9-16(10-8-15)22(24)25;/h6-12,23H,2-5,13-14H2,1H3;1H/q+1;/p-1/t18-;/m1./s1. The van der Waals surface area contributed by atoms with Crippen LogP contribution >= 0.6 is 0 Å². The van der Waals surface area contributed by atoms with Crippen LogP contribution in [0, 0.1) is 10.1 Å². The van der Waals surface area contributed by atoms with E-state index >= 15 is 0 Å². The van der Waals surface area contributed by atoms with Gasteiger partial charge in [0.05, 0.1) is 17.7 Å². The first kappa shape index (κ1) is 20.3. The summed E-state index contributed by atoms with van der Waals surface area (Å²) in [5.74, 6) is 0.722. The molecule has 0 bridgehead atoms. The van der Waals surface area contributed by atoms with Crippen molar-refractivity contribution in [2.75, 3.05) is 11.4 Å². The Morgan fingerprint density at radius 1 is 1.31 bits per heavy atom. The topological polar surface area (TPSA) is 83.4 Å². The average Bonchev–Trinajstić information content (AvgIpc) is 2.91. The van der Waals surface area contributed by atoms with Crippen molar-refractivity contribution >= 4 is 11.6 Å². The maximum atomic E-state index is 11.4. The van der Waals surface area contributed by atoms with Crippen molar-refractivity contribution in [3.8, 4) is 0 Å². The second-order valence-electron chi connectivity index (χ2n) is 6.38. The van der Waals surface area contributed by atoms with Crippen LogP contribution in [-0.2, 0) is 12.3 Å². The van der Waals surface area contributed by atoms with E-state index in [0.717, 1.165) is 31.6 Å². The van der Waals surface area contributed by atoms with Crippen molar-refractivity contribution in [3.63, 3.8) is 0 Å². The summed E-state index contributed by atoms with van der Waals surface area (Å²) in [6, 6.07) is 7.96. The second kappa shape index (κ2) is 8.55. The molecule has 1 aliphatic heterocycles. The van der Waals surface area contributed by atoms with Gasteiger partial charge in [-0.15, -0.1) is 0 Å². The molecule has 2 heterocycles. The number of fused-ring (bicyclic) bond motifs is 1. The number of non-ortho nitro benzene ring substituents is 1. The van der Waals surface area contributed by atoms with E-state index in [-0.39, 0.29) is 22.7 Å². The van der Waals surface area contributed by atoms with E-state index in [0.29, 0.717) is 18.7 Å². The number of nitro groups is 1. The summed E-state index contributed by atoms with van der Waals surface area (Å²) in [6.07, 6.45) is 7.97. The monoisotopic (exact) mass is 422 g/mol. The Balaban J connectivity index is 0.00000243. The Kier molecular flexibility index (Phi) is 6.66. The van der Waals surface area contributed by atoms with Gasteiger partial charge in [0.15, 0.2) is 0 Å². The molecule has 1 aromatic carbocycles. The number of unbranched alkanes of at least 4 members (excludes halogenated alkanes) is 3. The average molecular weight is 423 g/mol. The van der Waals surface area contributed by atoms with Gasteiger partial charge in [-0.2, -0.15) is 0 Å². The number of hydrogen-bond donors (Lipinski definition) is 1. The molecular formula is C18H23BrN4O3. The Morgan fingerprint density at radius 3 is 2.69 bits per heavy atom. The van der Waals surface area contributed by atoms with Crippen LogP contribution in [0.2, 0.25) is 0 Å². The van der Waals surface area contributed by atoms with Crippen molar-refractivity contribution in [2.45, 2.75) is 44.9 Å². The molecule has 0 saturated carbocycles. The third-order valence-corrected chi connectivity index (χ3v) is 4.65. The van der Waals surface area contributed by atoms with Crippen LogP contribution in [0.15, 0.2) is 42.7 Å². The number of rotatable bonds is 7. The molecule has 1 atom stereocenters. The van der Waals surface area contributed by atoms with E-state index in [1.807, 2.05) is 21.7 Å². The van der Waals surface area contributed by atoms with Gasteiger partial charge in [-0.3, -0.25) is 10.1 Å². The van der Waals surface area contributed by atoms with Crippen LogP contribution in [0.4, 0.5) is 11.6 Å². The maximum absolute atomic E-state index is 11.4. The molecule has 1 N–H and O–H groups in total. The summed E-state index contributed by atoms with van der Waals surface area (Å²) in [6.45, 7) is 3.20. The van der Waals surface area contributed by atoms with Gasteiger partial charge in [0.1, 0.15) is 12.7 Å². The van der Waals surface area contributed by atoms with E-state index in [2.05, 4.69) is 11.9 Å². The number of nitro benzene ring substituents is 1. The fourth-order valence-corrected chi connectivity index (χ4v) is 3.31. The van der Waals surface area contributed by atoms with Crippen molar-refractivity contribution in [1.82, 2.24) is 4.98 Å². The van der Waals surface area contributed by atoms with Crippen LogP contribution in [0.3, 0.4) is 0 Å².